The van der Waals surface area contributed by atoms with Gasteiger partial charge in [-0.05, 0) is 44.5 Å². The quantitative estimate of drug-likeness (QED) is 0.853. The van der Waals surface area contributed by atoms with Gasteiger partial charge in [0.05, 0.1) is 22.0 Å². The number of halogens is 1. The van der Waals surface area contributed by atoms with Crippen LogP contribution in [0.25, 0.3) is 0 Å². The molecule has 0 aromatic heterocycles. The number of aryl methyl sites for hydroxylation is 1. The Morgan fingerprint density at radius 3 is 2.41 bits per heavy atom. The number of rotatable bonds is 5. The average molecular weight is 317 g/mol. The summed E-state index contributed by atoms with van der Waals surface area (Å²) in [6.45, 7) is 7.33. The summed E-state index contributed by atoms with van der Waals surface area (Å²) in [5.74, 6) is 0.0257. The maximum absolute atomic E-state index is 12.6. The highest BCUT2D eigenvalue weighted by molar-refractivity contribution is 6.33. The SMILES string of the molecule is CCN(CC)C(=O)c1ccccc1Nc1c(C)cccc1Cl. The van der Waals surface area contributed by atoms with E-state index in [9.17, 15) is 4.79 Å². The van der Waals surface area contributed by atoms with Crippen molar-refractivity contribution in [2.24, 2.45) is 0 Å². The second-order valence-electron chi connectivity index (χ2n) is 5.08. The molecule has 0 heterocycles. The number of para-hydroxylation sites is 2. The Bertz CT molecular complexity index is 646. The second kappa shape index (κ2) is 7.32. The number of amides is 1. The lowest BCUT2D eigenvalue weighted by Crippen LogP contribution is -2.30. The number of benzene rings is 2. The first kappa shape index (κ1) is 16.4. The molecular formula is C18H21ClN2O. The van der Waals surface area contributed by atoms with E-state index in [0.717, 1.165) is 16.9 Å². The van der Waals surface area contributed by atoms with Crippen LogP contribution in [0.15, 0.2) is 42.5 Å². The molecule has 0 atom stereocenters. The molecule has 0 bridgehead atoms. The van der Waals surface area contributed by atoms with Gasteiger partial charge in [-0.2, -0.15) is 0 Å². The molecule has 2 aromatic carbocycles. The zero-order valence-corrected chi connectivity index (χ0v) is 13.9. The Kier molecular flexibility index (Phi) is 5.45. The van der Waals surface area contributed by atoms with Gasteiger partial charge in [-0.15, -0.1) is 0 Å². The predicted molar refractivity (Wildman–Crippen MR) is 93.2 cm³/mol. The van der Waals surface area contributed by atoms with Crippen LogP contribution >= 0.6 is 11.6 Å². The minimum absolute atomic E-state index is 0.0257. The van der Waals surface area contributed by atoms with Gasteiger partial charge >= 0.3 is 0 Å². The predicted octanol–water partition coefficient (Wildman–Crippen LogP) is 4.87. The molecule has 2 rings (SSSR count). The first-order valence-corrected chi connectivity index (χ1v) is 7.86. The molecule has 4 heteroatoms. The van der Waals surface area contributed by atoms with Gasteiger partial charge in [0, 0.05) is 13.1 Å². The molecule has 0 aliphatic heterocycles. The van der Waals surface area contributed by atoms with E-state index in [1.165, 1.54) is 0 Å². The monoisotopic (exact) mass is 316 g/mol. The summed E-state index contributed by atoms with van der Waals surface area (Å²) in [4.78, 5) is 14.4. The van der Waals surface area contributed by atoms with Crippen LogP contribution in [-0.2, 0) is 0 Å². The lowest BCUT2D eigenvalue weighted by Gasteiger charge is -2.21. The van der Waals surface area contributed by atoms with E-state index in [2.05, 4.69) is 5.32 Å². The maximum atomic E-state index is 12.6. The molecule has 3 nitrogen and oxygen atoms in total. The highest BCUT2D eigenvalue weighted by atomic mass is 35.5. The first-order valence-electron chi connectivity index (χ1n) is 7.48. The van der Waals surface area contributed by atoms with E-state index in [4.69, 9.17) is 11.6 Å². The molecule has 0 saturated heterocycles. The van der Waals surface area contributed by atoms with Gasteiger partial charge in [0.15, 0.2) is 0 Å². The number of nitrogens with zero attached hydrogens (tertiary/aromatic N) is 1. The van der Waals surface area contributed by atoms with Crippen LogP contribution < -0.4 is 5.32 Å². The van der Waals surface area contributed by atoms with Gasteiger partial charge in [-0.3, -0.25) is 4.79 Å². The maximum Gasteiger partial charge on any atom is 0.255 e. The van der Waals surface area contributed by atoms with Crippen LogP contribution in [0.4, 0.5) is 11.4 Å². The summed E-state index contributed by atoms with van der Waals surface area (Å²) in [7, 11) is 0. The minimum Gasteiger partial charge on any atom is -0.353 e. The van der Waals surface area contributed by atoms with E-state index >= 15 is 0 Å². The van der Waals surface area contributed by atoms with Crippen LogP contribution in [0.2, 0.25) is 5.02 Å². The van der Waals surface area contributed by atoms with E-state index in [1.54, 1.807) is 4.90 Å². The van der Waals surface area contributed by atoms with Crippen molar-refractivity contribution in [3.63, 3.8) is 0 Å². The third-order valence-corrected chi connectivity index (χ3v) is 4.00. The van der Waals surface area contributed by atoms with Crippen molar-refractivity contribution in [2.75, 3.05) is 18.4 Å². The lowest BCUT2D eigenvalue weighted by atomic mass is 10.1. The highest BCUT2D eigenvalue weighted by Crippen LogP contribution is 2.30. The molecular weight excluding hydrogens is 296 g/mol. The van der Waals surface area contributed by atoms with Crippen LogP contribution in [0.3, 0.4) is 0 Å². The molecule has 1 N–H and O–H groups in total. The zero-order chi connectivity index (χ0) is 16.1. The summed E-state index contributed by atoms with van der Waals surface area (Å²) >= 11 is 6.27. The number of hydrogen-bond donors (Lipinski definition) is 1. The van der Waals surface area contributed by atoms with Crippen LogP contribution in [0.5, 0.6) is 0 Å². The molecule has 0 aliphatic carbocycles. The van der Waals surface area contributed by atoms with Gasteiger partial charge < -0.3 is 10.2 Å². The number of nitrogens with one attached hydrogen (secondary N) is 1. The number of hydrogen-bond acceptors (Lipinski definition) is 2. The van der Waals surface area contributed by atoms with E-state index in [0.29, 0.717) is 23.7 Å². The fourth-order valence-electron chi connectivity index (χ4n) is 2.38. The highest BCUT2D eigenvalue weighted by Gasteiger charge is 2.17. The van der Waals surface area contributed by atoms with Crippen molar-refractivity contribution in [3.05, 3.63) is 58.6 Å². The van der Waals surface area contributed by atoms with Crippen molar-refractivity contribution in [2.45, 2.75) is 20.8 Å². The Morgan fingerprint density at radius 1 is 1.09 bits per heavy atom. The van der Waals surface area contributed by atoms with Crippen molar-refractivity contribution in [1.82, 2.24) is 4.90 Å². The van der Waals surface area contributed by atoms with Crippen molar-refractivity contribution >= 4 is 28.9 Å². The fraction of sp³-hybridized carbons (Fsp3) is 0.278. The molecule has 0 spiro atoms. The molecule has 1 amide bonds. The second-order valence-corrected chi connectivity index (χ2v) is 5.49. The molecule has 2 aromatic rings. The van der Waals surface area contributed by atoms with Crippen LogP contribution in [0.1, 0.15) is 29.8 Å². The third kappa shape index (κ3) is 3.42. The zero-order valence-electron chi connectivity index (χ0n) is 13.2. The Hall–Kier alpha value is -2.00. The summed E-state index contributed by atoms with van der Waals surface area (Å²) < 4.78 is 0. The smallest absolute Gasteiger partial charge is 0.255 e. The van der Waals surface area contributed by atoms with Crippen LogP contribution in [-0.4, -0.2) is 23.9 Å². The number of anilines is 2. The molecule has 0 radical (unpaired) electrons. The van der Waals surface area contributed by atoms with E-state index in [-0.39, 0.29) is 5.91 Å². The fourth-order valence-corrected chi connectivity index (χ4v) is 2.65. The molecule has 0 saturated carbocycles. The molecule has 0 aliphatic rings. The summed E-state index contributed by atoms with van der Waals surface area (Å²) in [6, 6.07) is 13.3. The average Bonchev–Trinajstić information content (AvgIpc) is 2.52. The molecule has 0 fully saturated rings. The van der Waals surface area contributed by atoms with Gasteiger partial charge in [-0.1, -0.05) is 35.9 Å². The van der Waals surface area contributed by atoms with Crippen LogP contribution in [0, 0.1) is 6.92 Å². The summed E-state index contributed by atoms with van der Waals surface area (Å²) in [5, 5.41) is 3.96. The van der Waals surface area contributed by atoms with Gasteiger partial charge in [0.2, 0.25) is 0 Å². The van der Waals surface area contributed by atoms with E-state index in [1.807, 2.05) is 63.2 Å². The Labute approximate surface area is 136 Å². The number of carbonyl (C=O) groups excluding carboxylic acids is 1. The Balaban J connectivity index is 2.39. The summed E-state index contributed by atoms with van der Waals surface area (Å²) in [6.07, 6.45) is 0. The molecule has 0 unspecified atom stereocenters. The third-order valence-electron chi connectivity index (χ3n) is 3.69. The lowest BCUT2D eigenvalue weighted by molar-refractivity contribution is 0.0774. The topological polar surface area (TPSA) is 32.3 Å². The van der Waals surface area contributed by atoms with Crippen molar-refractivity contribution in [1.29, 1.82) is 0 Å². The van der Waals surface area contributed by atoms with Crippen molar-refractivity contribution in [3.8, 4) is 0 Å². The van der Waals surface area contributed by atoms with E-state index < -0.39 is 0 Å². The first-order chi connectivity index (χ1) is 10.6. The largest absolute Gasteiger partial charge is 0.353 e. The normalized spacial score (nSPS) is 10.4. The standard InChI is InChI=1S/C18H21ClN2O/c1-4-21(5-2)18(22)14-10-6-7-12-16(14)20-17-13(3)9-8-11-15(17)19/h6-12,20H,4-5H2,1-3H3. The van der Waals surface area contributed by atoms with Crippen molar-refractivity contribution < 1.29 is 4.79 Å². The Morgan fingerprint density at radius 2 is 1.77 bits per heavy atom. The van der Waals surface area contributed by atoms with Gasteiger partial charge in [-0.25, -0.2) is 0 Å². The summed E-state index contributed by atoms with van der Waals surface area (Å²) in [5.41, 5.74) is 3.31. The minimum atomic E-state index is 0.0257. The number of carbonyl (C=O) groups is 1. The van der Waals surface area contributed by atoms with Gasteiger partial charge in [0.1, 0.15) is 0 Å². The molecule has 22 heavy (non-hydrogen) atoms. The molecule has 116 valence electrons. The van der Waals surface area contributed by atoms with Gasteiger partial charge in [0.25, 0.3) is 5.91 Å².